The second kappa shape index (κ2) is 5.96. The van der Waals surface area contributed by atoms with Gasteiger partial charge in [0, 0.05) is 31.5 Å². The predicted molar refractivity (Wildman–Crippen MR) is 82.9 cm³/mol. The summed E-state index contributed by atoms with van der Waals surface area (Å²) in [5, 5.41) is 13.6. The third-order valence-corrected chi connectivity index (χ3v) is 4.48. The van der Waals surface area contributed by atoms with E-state index in [1.165, 1.54) is 5.56 Å². The summed E-state index contributed by atoms with van der Waals surface area (Å²) in [4.78, 5) is 13.4. The monoisotopic (exact) mass is 302 g/mol. The van der Waals surface area contributed by atoms with Crippen LogP contribution in [0.2, 0.25) is 0 Å². The molecule has 118 valence electrons. The number of likely N-dealkylation sites (tertiary alicyclic amines) is 1. The molecule has 0 spiro atoms. The van der Waals surface area contributed by atoms with Gasteiger partial charge < -0.3 is 9.67 Å². The Hall–Kier alpha value is -2.08. The van der Waals surface area contributed by atoms with Crippen LogP contribution in [0, 0.1) is 12.8 Å². The Morgan fingerprint density at radius 3 is 2.55 bits per heavy atom. The highest BCUT2D eigenvalue weighted by atomic mass is 16.4. The summed E-state index contributed by atoms with van der Waals surface area (Å²) < 4.78 is 3.99. The SMILES string of the molecule is Cc1nn(C)c(-n2cccc2)c1CN1CCC(C(=O)O)CC1. The molecule has 6 nitrogen and oxygen atoms in total. The zero-order valence-electron chi connectivity index (χ0n) is 13.1. The van der Waals surface area contributed by atoms with Crippen LogP contribution in [0.5, 0.6) is 0 Å². The molecule has 2 aromatic heterocycles. The fourth-order valence-corrected chi connectivity index (χ4v) is 3.24. The van der Waals surface area contributed by atoms with E-state index < -0.39 is 5.97 Å². The first-order chi connectivity index (χ1) is 10.6. The van der Waals surface area contributed by atoms with E-state index in [0.717, 1.165) is 44.0 Å². The fraction of sp³-hybridized carbons (Fsp3) is 0.500. The number of rotatable bonds is 4. The third kappa shape index (κ3) is 2.78. The van der Waals surface area contributed by atoms with Gasteiger partial charge in [0.15, 0.2) is 0 Å². The molecule has 3 rings (SSSR count). The van der Waals surface area contributed by atoms with Gasteiger partial charge in [-0.05, 0) is 45.0 Å². The highest BCUT2D eigenvalue weighted by Gasteiger charge is 2.26. The van der Waals surface area contributed by atoms with Crippen LogP contribution in [0.4, 0.5) is 0 Å². The van der Waals surface area contributed by atoms with E-state index in [2.05, 4.69) is 14.6 Å². The van der Waals surface area contributed by atoms with Gasteiger partial charge in [-0.25, -0.2) is 0 Å². The third-order valence-electron chi connectivity index (χ3n) is 4.48. The Labute approximate surface area is 130 Å². The maximum absolute atomic E-state index is 11.1. The van der Waals surface area contributed by atoms with Crippen molar-refractivity contribution in [1.29, 1.82) is 0 Å². The van der Waals surface area contributed by atoms with Gasteiger partial charge in [-0.15, -0.1) is 0 Å². The van der Waals surface area contributed by atoms with Gasteiger partial charge in [-0.2, -0.15) is 5.10 Å². The van der Waals surface area contributed by atoms with Crippen molar-refractivity contribution >= 4 is 5.97 Å². The van der Waals surface area contributed by atoms with Crippen LogP contribution in [0.1, 0.15) is 24.1 Å². The Morgan fingerprint density at radius 2 is 1.95 bits per heavy atom. The van der Waals surface area contributed by atoms with Crippen LogP contribution < -0.4 is 0 Å². The van der Waals surface area contributed by atoms with Crippen LogP contribution >= 0.6 is 0 Å². The molecular weight excluding hydrogens is 280 g/mol. The van der Waals surface area contributed by atoms with Crippen molar-refractivity contribution in [3.63, 3.8) is 0 Å². The van der Waals surface area contributed by atoms with E-state index in [1.807, 2.05) is 43.2 Å². The molecule has 0 bridgehead atoms. The second-order valence-corrected chi connectivity index (χ2v) is 5.99. The molecule has 0 amide bonds. The number of nitrogens with zero attached hydrogens (tertiary/aromatic N) is 4. The van der Waals surface area contributed by atoms with Gasteiger partial charge in [0.2, 0.25) is 0 Å². The highest BCUT2D eigenvalue weighted by molar-refractivity contribution is 5.70. The van der Waals surface area contributed by atoms with Crippen molar-refractivity contribution < 1.29 is 9.90 Å². The van der Waals surface area contributed by atoms with Crippen LogP contribution in [0.3, 0.4) is 0 Å². The van der Waals surface area contributed by atoms with E-state index in [4.69, 9.17) is 5.11 Å². The van der Waals surface area contributed by atoms with Crippen molar-refractivity contribution in [3.05, 3.63) is 35.8 Å². The number of carboxylic acids is 1. The molecule has 0 atom stereocenters. The topological polar surface area (TPSA) is 63.3 Å². The van der Waals surface area contributed by atoms with Gasteiger partial charge >= 0.3 is 5.97 Å². The minimum absolute atomic E-state index is 0.185. The van der Waals surface area contributed by atoms with E-state index >= 15 is 0 Å². The van der Waals surface area contributed by atoms with E-state index in [9.17, 15) is 4.79 Å². The van der Waals surface area contributed by atoms with Gasteiger partial charge in [-0.1, -0.05) is 0 Å². The van der Waals surface area contributed by atoms with E-state index in [0.29, 0.717) is 0 Å². The average molecular weight is 302 g/mol. The van der Waals surface area contributed by atoms with Gasteiger partial charge in [0.25, 0.3) is 0 Å². The summed E-state index contributed by atoms with van der Waals surface area (Å²) in [6.45, 7) is 4.51. The number of aromatic nitrogens is 3. The van der Waals surface area contributed by atoms with Crippen molar-refractivity contribution in [1.82, 2.24) is 19.2 Å². The Balaban J connectivity index is 1.78. The molecule has 6 heteroatoms. The van der Waals surface area contributed by atoms with Gasteiger partial charge in [0.1, 0.15) is 5.82 Å². The van der Waals surface area contributed by atoms with Crippen LogP contribution in [0.25, 0.3) is 5.82 Å². The maximum atomic E-state index is 11.1. The fourth-order valence-electron chi connectivity index (χ4n) is 3.24. The lowest BCUT2D eigenvalue weighted by Gasteiger charge is -2.30. The molecular formula is C16H22N4O2. The lowest BCUT2D eigenvalue weighted by Crippen LogP contribution is -2.36. The van der Waals surface area contributed by atoms with Gasteiger partial charge in [-0.3, -0.25) is 14.4 Å². The molecule has 1 N–H and O–H groups in total. The molecule has 1 saturated heterocycles. The predicted octanol–water partition coefficient (Wildman–Crippen LogP) is 1.82. The average Bonchev–Trinajstić information content (AvgIpc) is 3.08. The Bertz CT molecular complexity index is 652. The Kier molecular flexibility index (Phi) is 4.02. The first-order valence-electron chi connectivity index (χ1n) is 7.67. The van der Waals surface area contributed by atoms with Crippen LogP contribution in [-0.4, -0.2) is 43.4 Å². The van der Waals surface area contributed by atoms with Crippen molar-refractivity contribution in [2.75, 3.05) is 13.1 Å². The number of piperidine rings is 1. The van der Waals surface area contributed by atoms with Crippen molar-refractivity contribution in [2.24, 2.45) is 13.0 Å². The molecule has 0 aliphatic carbocycles. The first kappa shape index (κ1) is 14.8. The van der Waals surface area contributed by atoms with E-state index in [1.54, 1.807) is 0 Å². The zero-order chi connectivity index (χ0) is 15.7. The smallest absolute Gasteiger partial charge is 0.306 e. The first-order valence-corrected chi connectivity index (χ1v) is 7.67. The summed E-state index contributed by atoms with van der Waals surface area (Å²) in [5.74, 6) is 0.239. The lowest BCUT2D eigenvalue weighted by atomic mass is 9.97. The molecule has 1 aliphatic rings. The van der Waals surface area contributed by atoms with Gasteiger partial charge in [0.05, 0.1) is 11.6 Å². The van der Waals surface area contributed by atoms with Crippen LogP contribution in [-0.2, 0) is 18.4 Å². The number of carbonyl (C=O) groups is 1. The Morgan fingerprint density at radius 1 is 1.32 bits per heavy atom. The number of aliphatic carboxylic acids is 1. The largest absolute Gasteiger partial charge is 0.481 e. The second-order valence-electron chi connectivity index (χ2n) is 5.99. The summed E-state index contributed by atoms with van der Waals surface area (Å²) in [6.07, 6.45) is 5.51. The van der Waals surface area contributed by atoms with Crippen molar-refractivity contribution in [2.45, 2.75) is 26.3 Å². The summed E-state index contributed by atoms with van der Waals surface area (Å²) in [6, 6.07) is 4.01. The highest BCUT2D eigenvalue weighted by Crippen LogP contribution is 2.24. The normalized spacial score (nSPS) is 17.0. The summed E-state index contributed by atoms with van der Waals surface area (Å²) >= 11 is 0. The molecule has 0 radical (unpaired) electrons. The van der Waals surface area contributed by atoms with Crippen molar-refractivity contribution in [3.8, 4) is 5.82 Å². The molecule has 3 heterocycles. The summed E-state index contributed by atoms with van der Waals surface area (Å²) in [7, 11) is 1.96. The number of aryl methyl sites for hydroxylation is 2. The standard InChI is InChI=1S/C16H22N4O2/c1-12-14(11-19-9-5-13(6-10-19)16(21)22)15(18(2)17-12)20-7-3-4-8-20/h3-4,7-8,13H,5-6,9-11H2,1-2H3,(H,21,22). The molecule has 0 aromatic carbocycles. The van der Waals surface area contributed by atoms with E-state index in [-0.39, 0.29) is 5.92 Å². The number of hydrogen-bond donors (Lipinski definition) is 1. The molecule has 0 saturated carbocycles. The van der Waals surface area contributed by atoms with Crippen LogP contribution in [0.15, 0.2) is 24.5 Å². The quantitative estimate of drug-likeness (QED) is 0.935. The minimum atomic E-state index is -0.662. The zero-order valence-corrected chi connectivity index (χ0v) is 13.1. The minimum Gasteiger partial charge on any atom is -0.481 e. The molecule has 1 aliphatic heterocycles. The summed E-state index contributed by atoms with van der Waals surface area (Å²) in [5.41, 5.74) is 2.25. The lowest BCUT2D eigenvalue weighted by molar-refractivity contribution is -0.143. The molecule has 22 heavy (non-hydrogen) atoms. The number of hydrogen-bond acceptors (Lipinski definition) is 3. The molecule has 0 unspecified atom stereocenters. The maximum Gasteiger partial charge on any atom is 0.306 e. The number of carboxylic acid groups (broad SMARTS) is 1. The molecule has 1 fully saturated rings. The molecule has 2 aromatic rings.